The zero-order chi connectivity index (χ0) is 38.8. The monoisotopic (exact) mass is 777 g/mol. The maximum Gasteiger partial charge on any atom is 0.416 e. The molecule has 3 aliphatic rings. The standard InChI is InChI=1S/C37H35ClF3N9O5/c1-3-27-31(47-10-12-48(13-11-47)34(53)30-32(52)19(2)42-18-43-30)35(54)50-36(45-33(46-50)24-6-4-5-20-17-55-14-9-21(20)24)49(27)16-28(51)44-29-23-8-7-22(23)25(15-26(29)38)37(39,40)41/h4-6,15,18,52H,3,7-14,16-17H2,1-2H3,(H,44,51). The molecule has 0 spiro atoms. The zero-order valence-electron chi connectivity index (χ0n) is 29.8. The number of amides is 2. The van der Waals surface area contributed by atoms with E-state index < -0.39 is 29.1 Å². The molecule has 5 aromatic rings. The lowest BCUT2D eigenvalue weighted by molar-refractivity contribution is -0.138. The van der Waals surface area contributed by atoms with E-state index in [9.17, 15) is 32.7 Å². The summed E-state index contributed by atoms with van der Waals surface area (Å²) in [6, 6.07) is 6.54. The molecule has 1 fully saturated rings. The second-order valence-corrected chi connectivity index (χ2v) is 14.1. The first-order chi connectivity index (χ1) is 26.3. The Morgan fingerprint density at radius 3 is 2.53 bits per heavy atom. The highest BCUT2D eigenvalue weighted by Gasteiger charge is 2.39. The Morgan fingerprint density at radius 1 is 1.05 bits per heavy atom. The summed E-state index contributed by atoms with van der Waals surface area (Å²) in [5.74, 6) is -0.966. The van der Waals surface area contributed by atoms with Gasteiger partial charge >= 0.3 is 6.18 Å². The van der Waals surface area contributed by atoms with Crippen molar-refractivity contribution >= 4 is 40.6 Å². The van der Waals surface area contributed by atoms with Crippen molar-refractivity contribution in [1.29, 1.82) is 0 Å². The van der Waals surface area contributed by atoms with Crippen molar-refractivity contribution in [1.82, 2.24) is 34.0 Å². The summed E-state index contributed by atoms with van der Waals surface area (Å²) in [4.78, 5) is 57.8. The van der Waals surface area contributed by atoms with E-state index in [-0.39, 0.29) is 96.3 Å². The fourth-order valence-corrected chi connectivity index (χ4v) is 7.94. The Kier molecular flexibility index (Phi) is 9.23. The molecule has 0 saturated carbocycles. The molecule has 0 atom stereocenters. The predicted molar refractivity (Wildman–Crippen MR) is 194 cm³/mol. The summed E-state index contributed by atoms with van der Waals surface area (Å²) in [6.07, 6.45) is -1.93. The fourth-order valence-electron chi connectivity index (χ4n) is 7.67. The summed E-state index contributed by atoms with van der Waals surface area (Å²) in [7, 11) is 0. The van der Waals surface area contributed by atoms with E-state index in [4.69, 9.17) is 26.4 Å². The second-order valence-electron chi connectivity index (χ2n) is 13.7. The number of carbonyl (C=O) groups is 2. The normalized spacial score (nSPS) is 15.5. The van der Waals surface area contributed by atoms with Gasteiger partial charge in [-0.15, -0.1) is 5.10 Å². The van der Waals surface area contributed by atoms with Gasteiger partial charge in [0.15, 0.2) is 17.3 Å². The molecule has 0 unspecified atom stereocenters. The molecule has 8 rings (SSSR count). The number of piperazine rings is 1. The lowest BCUT2D eigenvalue weighted by Gasteiger charge is -2.36. The van der Waals surface area contributed by atoms with Gasteiger partial charge in [-0.05, 0) is 60.9 Å². The molecule has 0 radical (unpaired) electrons. The maximum absolute atomic E-state index is 14.5. The topological polar surface area (TPSA) is 160 Å². The van der Waals surface area contributed by atoms with Gasteiger partial charge in [0.25, 0.3) is 11.5 Å². The van der Waals surface area contributed by atoms with Crippen molar-refractivity contribution in [2.75, 3.05) is 43.0 Å². The average Bonchev–Trinajstić information content (AvgIpc) is 3.60. The van der Waals surface area contributed by atoms with Crippen LogP contribution in [0.3, 0.4) is 0 Å². The van der Waals surface area contributed by atoms with Crippen LogP contribution in [0.15, 0.2) is 35.4 Å². The number of aromatic hydroxyl groups is 1. The maximum atomic E-state index is 14.5. The molecule has 286 valence electrons. The number of anilines is 2. The van der Waals surface area contributed by atoms with Gasteiger partial charge in [0.2, 0.25) is 11.7 Å². The molecule has 2 N–H and O–H groups in total. The quantitative estimate of drug-likeness (QED) is 0.243. The molecule has 2 aliphatic heterocycles. The Bertz CT molecular complexity index is 2460. The van der Waals surface area contributed by atoms with Crippen molar-refractivity contribution in [3.63, 3.8) is 0 Å². The molecule has 2 aromatic carbocycles. The number of aromatic nitrogens is 6. The number of nitrogens with zero attached hydrogens (tertiary/aromatic N) is 8. The molecule has 1 saturated heterocycles. The number of nitrogens with one attached hydrogen (secondary N) is 1. The number of ether oxygens (including phenoxy) is 1. The molecule has 1 aliphatic carbocycles. The van der Waals surface area contributed by atoms with Crippen molar-refractivity contribution in [3.8, 4) is 17.1 Å². The van der Waals surface area contributed by atoms with Crippen LogP contribution in [0.25, 0.3) is 17.2 Å². The third-order valence-electron chi connectivity index (χ3n) is 10.5. The predicted octanol–water partition coefficient (Wildman–Crippen LogP) is 4.37. The molecule has 0 bridgehead atoms. The third kappa shape index (κ3) is 6.34. The van der Waals surface area contributed by atoms with Crippen LogP contribution in [0.4, 0.5) is 24.5 Å². The number of alkyl halides is 3. The number of carbonyl (C=O) groups excluding carboxylic acids is 2. The summed E-state index contributed by atoms with van der Waals surface area (Å²) >= 11 is 6.36. The molecular formula is C37H35ClF3N9O5. The van der Waals surface area contributed by atoms with E-state index in [0.29, 0.717) is 37.3 Å². The molecular weight excluding hydrogens is 743 g/mol. The molecule has 5 heterocycles. The Hall–Kier alpha value is -5.55. The first-order valence-corrected chi connectivity index (χ1v) is 18.2. The van der Waals surface area contributed by atoms with E-state index in [1.54, 1.807) is 11.5 Å². The van der Waals surface area contributed by atoms with Gasteiger partial charge in [0.1, 0.15) is 18.6 Å². The lowest BCUT2D eigenvalue weighted by Crippen LogP contribution is -2.51. The number of rotatable bonds is 7. The summed E-state index contributed by atoms with van der Waals surface area (Å²) < 4.78 is 49.6. The van der Waals surface area contributed by atoms with Gasteiger partial charge in [0.05, 0.1) is 40.9 Å². The summed E-state index contributed by atoms with van der Waals surface area (Å²) in [5, 5.41) is 17.7. The van der Waals surface area contributed by atoms with Crippen molar-refractivity contribution in [2.24, 2.45) is 0 Å². The summed E-state index contributed by atoms with van der Waals surface area (Å²) in [5.41, 5.74) is 2.91. The van der Waals surface area contributed by atoms with Crippen LogP contribution >= 0.6 is 11.6 Å². The van der Waals surface area contributed by atoms with Crippen LogP contribution in [-0.2, 0) is 54.5 Å². The summed E-state index contributed by atoms with van der Waals surface area (Å²) in [6.45, 7) is 4.83. The second kappa shape index (κ2) is 13.9. The third-order valence-corrected chi connectivity index (χ3v) is 10.8. The average molecular weight is 778 g/mol. The van der Waals surface area contributed by atoms with Crippen LogP contribution in [-0.4, -0.2) is 83.7 Å². The number of aryl methyl sites for hydroxylation is 1. The number of benzene rings is 2. The Morgan fingerprint density at radius 2 is 1.82 bits per heavy atom. The van der Waals surface area contributed by atoms with E-state index in [1.807, 2.05) is 30.0 Å². The van der Waals surface area contributed by atoms with E-state index in [2.05, 4.69) is 15.3 Å². The molecule has 3 aromatic heterocycles. The Balaban J connectivity index is 1.18. The van der Waals surface area contributed by atoms with Crippen LogP contribution in [0.2, 0.25) is 5.02 Å². The number of halogens is 4. The molecule has 2 amide bonds. The first-order valence-electron chi connectivity index (χ1n) is 17.8. The molecule has 14 nitrogen and oxygen atoms in total. The number of hydrogen-bond donors (Lipinski definition) is 2. The molecule has 18 heteroatoms. The minimum atomic E-state index is -4.59. The van der Waals surface area contributed by atoms with Crippen LogP contribution in [0.1, 0.15) is 56.6 Å². The van der Waals surface area contributed by atoms with Gasteiger partial charge in [-0.3, -0.25) is 14.4 Å². The van der Waals surface area contributed by atoms with Gasteiger partial charge in [0, 0.05) is 31.7 Å². The van der Waals surface area contributed by atoms with Crippen LogP contribution in [0, 0.1) is 6.92 Å². The SMILES string of the molecule is CCc1c(N2CCN(C(=O)c3ncnc(C)c3O)CC2)c(=O)n2nc(-c3cccc4c3CCOC4)nc2n1CC(=O)Nc1c(Cl)cc(C(F)(F)F)c2c1CC2. The van der Waals surface area contributed by atoms with Crippen molar-refractivity contribution in [3.05, 3.63) is 90.9 Å². The fraction of sp³-hybridized carbons (Fsp3) is 0.378. The van der Waals surface area contributed by atoms with Gasteiger partial charge in [-0.1, -0.05) is 36.7 Å². The van der Waals surface area contributed by atoms with Crippen molar-refractivity contribution in [2.45, 2.75) is 58.9 Å². The van der Waals surface area contributed by atoms with E-state index in [0.717, 1.165) is 22.8 Å². The first kappa shape index (κ1) is 36.4. The number of fused-ring (bicyclic) bond motifs is 3. The van der Waals surface area contributed by atoms with Gasteiger partial charge < -0.3 is 29.5 Å². The van der Waals surface area contributed by atoms with Crippen LogP contribution in [0.5, 0.6) is 5.75 Å². The lowest BCUT2D eigenvalue weighted by atomic mass is 9.83. The minimum absolute atomic E-state index is 0.107. The van der Waals surface area contributed by atoms with E-state index >= 15 is 0 Å². The minimum Gasteiger partial charge on any atom is -0.504 e. The van der Waals surface area contributed by atoms with Gasteiger partial charge in [-0.25, -0.2) is 9.97 Å². The molecule has 55 heavy (non-hydrogen) atoms. The van der Waals surface area contributed by atoms with Crippen molar-refractivity contribution < 1.29 is 32.6 Å². The highest BCUT2D eigenvalue weighted by atomic mass is 35.5. The van der Waals surface area contributed by atoms with Crippen LogP contribution < -0.4 is 15.8 Å². The largest absolute Gasteiger partial charge is 0.504 e. The Labute approximate surface area is 316 Å². The smallest absolute Gasteiger partial charge is 0.416 e. The zero-order valence-corrected chi connectivity index (χ0v) is 30.6. The van der Waals surface area contributed by atoms with Gasteiger partial charge in [-0.2, -0.15) is 22.7 Å². The highest BCUT2D eigenvalue weighted by molar-refractivity contribution is 6.34. The highest BCUT2D eigenvalue weighted by Crippen LogP contribution is 2.44. The number of hydrogen-bond acceptors (Lipinski definition) is 10. The van der Waals surface area contributed by atoms with E-state index in [1.165, 1.54) is 15.7 Å².